The number of para-hydroxylation sites is 1. The Morgan fingerprint density at radius 1 is 1.24 bits per heavy atom. The third kappa shape index (κ3) is 3.22. The largest absolute Gasteiger partial charge is 0.312 e. The molecule has 2 nitrogen and oxygen atoms in total. The normalized spacial score (nSPS) is 17.4. The summed E-state index contributed by atoms with van der Waals surface area (Å²) < 4.78 is 0. The summed E-state index contributed by atoms with van der Waals surface area (Å²) in [7, 11) is 0. The van der Waals surface area contributed by atoms with Crippen LogP contribution in [-0.2, 0) is 6.54 Å². The quantitative estimate of drug-likeness (QED) is 0.826. The molecule has 1 aromatic heterocycles. The second kappa shape index (κ2) is 6.33. The van der Waals surface area contributed by atoms with E-state index in [4.69, 9.17) is 11.6 Å². The van der Waals surface area contributed by atoms with Crippen LogP contribution in [0.2, 0.25) is 0 Å². The zero-order chi connectivity index (χ0) is 14.7. The van der Waals surface area contributed by atoms with Crippen molar-refractivity contribution >= 4 is 22.5 Å². The second-order valence-electron chi connectivity index (χ2n) is 6.38. The fraction of sp³-hybridized carbons (Fsp3) is 0.500. The van der Waals surface area contributed by atoms with E-state index in [0.717, 1.165) is 30.2 Å². The summed E-state index contributed by atoms with van der Waals surface area (Å²) in [4.78, 5) is 4.60. The second-order valence-corrected chi connectivity index (χ2v) is 6.65. The topological polar surface area (TPSA) is 24.9 Å². The molecule has 0 saturated heterocycles. The molecular formula is C18H23ClN2. The molecule has 3 rings (SSSR count). The number of fused-ring (bicyclic) bond motifs is 1. The molecule has 0 atom stereocenters. The van der Waals surface area contributed by atoms with Gasteiger partial charge in [0.2, 0.25) is 0 Å². The lowest BCUT2D eigenvalue weighted by molar-refractivity contribution is 0.320. The van der Waals surface area contributed by atoms with E-state index in [-0.39, 0.29) is 0 Å². The van der Waals surface area contributed by atoms with Gasteiger partial charge in [-0.15, -0.1) is 11.6 Å². The Bertz CT molecular complexity index is 618. The van der Waals surface area contributed by atoms with Crippen molar-refractivity contribution in [2.24, 2.45) is 5.41 Å². The zero-order valence-corrected chi connectivity index (χ0v) is 13.4. The van der Waals surface area contributed by atoms with Crippen molar-refractivity contribution in [1.29, 1.82) is 0 Å². The van der Waals surface area contributed by atoms with Crippen LogP contribution in [0.3, 0.4) is 0 Å². The number of nitrogens with one attached hydrogen (secondary N) is 1. The van der Waals surface area contributed by atoms with Crippen LogP contribution in [0.1, 0.15) is 36.9 Å². The Morgan fingerprint density at radius 2 is 2.00 bits per heavy atom. The van der Waals surface area contributed by atoms with Crippen LogP contribution >= 0.6 is 11.6 Å². The SMILES string of the molecule is Cc1cc(CNCC2(CCl)CCCC2)c2ccccc2n1. The first-order chi connectivity index (χ1) is 10.2. The van der Waals surface area contributed by atoms with E-state index in [1.54, 1.807) is 0 Å². The van der Waals surface area contributed by atoms with E-state index in [1.807, 2.05) is 6.07 Å². The molecule has 1 aliphatic carbocycles. The van der Waals surface area contributed by atoms with Crippen LogP contribution in [0.5, 0.6) is 0 Å². The number of hydrogen-bond acceptors (Lipinski definition) is 2. The first kappa shape index (κ1) is 14.8. The first-order valence-electron chi connectivity index (χ1n) is 7.84. The van der Waals surface area contributed by atoms with Crippen LogP contribution < -0.4 is 5.32 Å². The van der Waals surface area contributed by atoms with Gasteiger partial charge in [0, 0.05) is 30.0 Å². The Kier molecular flexibility index (Phi) is 4.46. The molecule has 1 aromatic carbocycles. The molecule has 0 radical (unpaired) electrons. The molecule has 2 aromatic rings. The summed E-state index contributed by atoms with van der Waals surface area (Å²) in [6.07, 6.45) is 5.18. The van der Waals surface area contributed by atoms with Gasteiger partial charge in [0.05, 0.1) is 5.52 Å². The van der Waals surface area contributed by atoms with E-state index in [0.29, 0.717) is 5.41 Å². The summed E-state index contributed by atoms with van der Waals surface area (Å²) in [5, 5.41) is 4.89. The van der Waals surface area contributed by atoms with Crippen molar-refractivity contribution < 1.29 is 0 Å². The van der Waals surface area contributed by atoms with Gasteiger partial charge in [0.15, 0.2) is 0 Å². The Balaban J connectivity index is 1.73. The van der Waals surface area contributed by atoms with E-state index < -0.39 is 0 Å². The highest BCUT2D eigenvalue weighted by molar-refractivity contribution is 6.18. The molecule has 0 aliphatic heterocycles. The number of aromatic nitrogens is 1. The Morgan fingerprint density at radius 3 is 2.76 bits per heavy atom. The molecule has 0 unspecified atom stereocenters. The fourth-order valence-corrected chi connectivity index (χ4v) is 3.85. The van der Waals surface area contributed by atoms with E-state index >= 15 is 0 Å². The van der Waals surface area contributed by atoms with Gasteiger partial charge in [-0.1, -0.05) is 31.0 Å². The minimum atomic E-state index is 0.319. The average Bonchev–Trinajstić information content (AvgIpc) is 2.96. The molecule has 0 bridgehead atoms. The van der Waals surface area contributed by atoms with Crippen LogP contribution in [0.4, 0.5) is 0 Å². The number of nitrogens with zero attached hydrogens (tertiary/aromatic N) is 1. The summed E-state index contributed by atoms with van der Waals surface area (Å²) in [5.74, 6) is 0.774. The highest BCUT2D eigenvalue weighted by Gasteiger charge is 2.32. The van der Waals surface area contributed by atoms with Gasteiger partial charge in [-0.3, -0.25) is 4.98 Å². The molecule has 1 N–H and O–H groups in total. The molecule has 0 amide bonds. The van der Waals surface area contributed by atoms with Gasteiger partial charge in [-0.05, 0) is 42.9 Å². The maximum absolute atomic E-state index is 6.22. The van der Waals surface area contributed by atoms with Gasteiger partial charge in [0.1, 0.15) is 0 Å². The van der Waals surface area contributed by atoms with Gasteiger partial charge in [-0.2, -0.15) is 0 Å². The Labute approximate surface area is 131 Å². The monoisotopic (exact) mass is 302 g/mol. The number of aryl methyl sites for hydroxylation is 1. The van der Waals surface area contributed by atoms with Crippen LogP contribution in [0.25, 0.3) is 10.9 Å². The molecule has 0 spiro atoms. The number of hydrogen-bond donors (Lipinski definition) is 1. The lowest BCUT2D eigenvalue weighted by atomic mass is 9.88. The maximum Gasteiger partial charge on any atom is 0.0708 e. The van der Waals surface area contributed by atoms with Gasteiger partial charge in [0.25, 0.3) is 0 Å². The van der Waals surface area contributed by atoms with Crippen molar-refractivity contribution in [3.05, 3.63) is 41.6 Å². The van der Waals surface area contributed by atoms with Gasteiger partial charge < -0.3 is 5.32 Å². The van der Waals surface area contributed by atoms with E-state index in [9.17, 15) is 0 Å². The predicted octanol–water partition coefficient (Wildman–Crippen LogP) is 4.43. The standard InChI is InChI=1S/C18H23ClN2/c1-14-10-15(16-6-2-3-7-17(16)21-14)11-20-13-18(12-19)8-4-5-9-18/h2-3,6-7,10,20H,4-5,8-9,11-13H2,1H3. The molecule has 1 saturated carbocycles. The molecule has 112 valence electrons. The van der Waals surface area contributed by atoms with Gasteiger partial charge >= 0.3 is 0 Å². The number of halogens is 1. The van der Waals surface area contributed by atoms with Gasteiger partial charge in [-0.25, -0.2) is 0 Å². The van der Waals surface area contributed by atoms with Crippen LogP contribution in [0, 0.1) is 12.3 Å². The highest BCUT2D eigenvalue weighted by atomic mass is 35.5. The molecule has 1 aliphatic rings. The lowest BCUT2D eigenvalue weighted by Gasteiger charge is -2.26. The highest BCUT2D eigenvalue weighted by Crippen LogP contribution is 2.38. The predicted molar refractivity (Wildman–Crippen MR) is 89.8 cm³/mol. The lowest BCUT2D eigenvalue weighted by Crippen LogP contribution is -2.33. The number of rotatable bonds is 5. The van der Waals surface area contributed by atoms with Crippen LogP contribution in [0.15, 0.2) is 30.3 Å². The minimum absolute atomic E-state index is 0.319. The number of pyridine rings is 1. The third-order valence-electron chi connectivity index (χ3n) is 4.69. The zero-order valence-electron chi connectivity index (χ0n) is 12.7. The van der Waals surface area contributed by atoms with E-state index in [1.165, 1.54) is 36.6 Å². The number of benzene rings is 1. The van der Waals surface area contributed by atoms with Crippen molar-refractivity contribution in [3.8, 4) is 0 Å². The maximum atomic E-state index is 6.22. The summed E-state index contributed by atoms with van der Waals surface area (Å²) in [6.45, 7) is 3.97. The molecule has 21 heavy (non-hydrogen) atoms. The van der Waals surface area contributed by atoms with Crippen molar-refractivity contribution in [3.63, 3.8) is 0 Å². The first-order valence-corrected chi connectivity index (χ1v) is 8.38. The molecular weight excluding hydrogens is 280 g/mol. The third-order valence-corrected chi connectivity index (χ3v) is 5.26. The summed E-state index contributed by atoms with van der Waals surface area (Å²) >= 11 is 6.22. The summed E-state index contributed by atoms with van der Waals surface area (Å²) in [6, 6.07) is 10.6. The smallest absolute Gasteiger partial charge is 0.0708 e. The minimum Gasteiger partial charge on any atom is -0.312 e. The fourth-order valence-electron chi connectivity index (χ4n) is 3.49. The van der Waals surface area contributed by atoms with Crippen molar-refractivity contribution in [1.82, 2.24) is 10.3 Å². The average molecular weight is 303 g/mol. The summed E-state index contributed by atoms with van der Waals surface area (Å²) in [5.41, 5.74) is 3.82. The van der Waals surface area contributed by atoms with Crippen molar-refractivity contribution in [2.75, 3.05) is 12.4 Å². The molecule has 3 heteroatoms. The number of alkyl halides is 1. The van der Waals surface area contributed by atoms with E-state index in [2.05, 4.69) is 41.5 Å². The molecule has 1 fully saturated rings. The molecule has 1 heterocycles. The van der Waals surface area contributed by atoms with Crippen LogP contribution in [-0.4, -0.2) is 17.4 Å². The van der Waals surface area contributed by atoms with Crippen molar-refractivity contribution in [2.45, 2.75) is 39.2 Å². The Hall–Kier alpha value is -1.12.